The number of nitrogens with zero attached hydrogens (tertiary/aromatic N) is 3. The summed E-state index contributed by atoms with van der Waals surface area (Å²) in [6, 6.07) is 7.21. The SMILES string of the molecule is CC(=O)N=C1/C(=C(\OC(C)=O)c2ccc([N+](=O)[O-])cc2)Oc2nc(C)cc(C)c21. The van der Waals surface area contributed by atoms with Gasteiger partial charge in [0, 0.05) is 37.2 Å². The van der Waals surface area contributed by atoms with Gasteiger partial charge >= 0.3 is 5.97 Å². The number of nitro benzene ring substituents is 1. The molecule has 1 aromatic carbocycles. The summed E-state index contributed by atoms with van der Waals surface area (Å²) in [7, 11) is 0. The number of hydrogen-bond donors (Lipinski definition) is 0. The van der Waals surface area contributed by atoms with E-state index >= 15 is 0 Å². The van der Waals surface area contributed by atoms with Gasteiger partial charge in [-0.25, -0.2) is 9.98 Å². The molecule has 0 bridgehead atoms. The van der Waals surface area contributed by atoms with Crippen molar-refractivity contribution < 1.29 is 24.0 Å². The first kappa shape index (κ1) is 19.9. The van der Waals surface area contributed by atoms with E-state index in [4.69, 9.17) is 9.47 Å². The van der Waals surface area contributed by atoms with Crippen LogP contribution in [0.5, 0.6) is 5.88 Å². The first-order valence-electron chi connectivity index (χ1n) is 8.61. The van der Waals surface area contributed by atoms with Gasteiger partial charge in [0.25, 0.3) is 5.69 Å². The number of ether oxygens (including phenoxy) is 2. The van der Waals surface area contributed by atoms with Crippen LogP contribution in [-0.4, -0.2) is 27.5 Å². The summed E-state index contributed by atoms with van der Waals surface area (Å²) < 4.78 is 11.2. The molecule has 9 heteroatoms. The maximum atomic E-state index is 11.8. The molecule has 1 aromatic heterocycles. The molecule has 2 aromatic rings. The zero-order chi connectivity index (χ0) is 21.3. The molecular formula is C20H17N3O6. The number of nitro groups is 1. The van der Waals surface area contributed by atoms with Crippen molar-refractivity contribution in [3.05, 3.63) is 68.6 Å². The number of pyridine rings is 1. The van der Waals surface area contributed by atoms with Crippen LogP contribution in [0.15, 0.2) is 41.1 Å². The minimum absolute atomic E-state index is 0.0116. The summed E-state index contributed by atoms with van der Waals surface area (Å²) in [5.41, 5.74) is 2.42. The molecule has 2 heterocycles. The van der Waals surface area contributed by atoms with Crippen LogP contribution in [0.1, 0.15) is 36.2 Å². The first-order valence-corrected chi connectivity index (χ1v) is 8.61. The van der Waals surface area contributed by atoms with E-state index < -0.39 is 16.8 Å². The highest BCUT2D eigenvalue weighted by molar-refractivity contribution is 6.22. The molecule has 0 fully saturated rings. The van der Waals surface area contributed by atoms with E-state index in [0.717, 1.165) is 5.56 Å². The standard InChI is InChI=1S/C20H17N3O6/c1-10-9-11(2)21-20-16(10)17(22-12(3)24)19(29-20)18(28-13(4)25)14-5-7-15(8-6-14)23(26)27/h5-9H,1-4H3/b19-18+,22-17?. The van der Waals surface area contributed by atoms with Gasteiger partial charge in [0.15, 0.2) is 11.5 Å². The van der Waals surface area contributed by atoms with Crippen LogP contribution >= 0.6 is 0 Å². The van der Waals surface area contributed by atoms with Crippen LogP contribution in [0.2, 0.25) is 0 Å². The van der Waals surface area contributed by atoms with Crippen molar-refractivity contribution in [1.82, 2.24) is 4.98 Å². The number of rotatable bonds is 3. The fourth-order valence-electron chi connectivity index (χ4n) is 2.96. The highest BCUT2D eigenvalue weighted by Gasteiger charge is 2.34. The normalized spacial score (nSPS) is 15.5. The Hall–Kier alpha value is -3.88. The van der Waals surface area contributed by atoms with Crippen molar-refractivity contribution in [2.24, 2.45) is 4.99 Å². The van der Waals surface area contributed by atoms with Crippen LogP contribution < -0.4 is 4.74 Å². The van der Waals surface area contributed by atoms with Crippen LogP contribution in [-0.2, 0) is 14.3 Å². The van der Waals surface area contributed by atoms with Crippen molar-refractivity contribution in [2.75, 3.05) is 0 Å². The molecule has 0 aliphatic carbocycles. The van der Waals surface area contributed by atoms with E-state index in [1.807, 2.05) is 13.0 Å². The number of fused-ring (bicyclic) bond motifs is 1. The fraction of sp³-hybridized carbons (Fsp3) is 0.200. The maximum Gasteiger partial charge on any atom is 0.308 e. The Labute approximate surface area is 165 Å². The van der Waals surface area contributed by atoms with Crippen molar-refractivity contribution in [3.8, 4) is 5.88 Å². The van der Waals surface area contributed by atoms with Gasteiger partial charge in [-0.1, -0.05) is 0 Å². The van der Waals surface area contributed by atoms with Gasteiger partial charge < -0.3 is 9.47 Å². The fourth-order valence-corrected chi connectivity index (χ4v) is 2.96. The second-order valence-electron chi connectivity index (χ2n) is 6.40. The number of benzene rings is 1. The largest absolute Gasteiger partial charge is 0.432 e. The predicted molar refractivity (Wildman–Crippen MR) is 103 cm³/mol. The Balaban J connectivity index is 2.26. The maximum absolute atomic E-state index is 11.8. The Morgan fingerprint density at radius 2 is 1.83 bits per heavy atom. The monoisotopic (exact) mass is 395 g/mol. The lowest BCUT2D eigenvalue weighted by Crippen LogP contribution is -2.11. The number of esters is 1. The van der Waals surface area contributed by atoms with Gasteiger partial charge in [-0.2, -0.15) is 0 Å². The summed E-state index contributed by atoms with van der Waals surface area (Å²) in [4.78, 5) is 42.3. The molecule has 0 N–H and O–H groups in total. The quantitative estimate of drug-likeness (QED) is 0.338. The van der Waals surface area contributed by atoms with Crippen LogP contribution in [0.25, 0.3) is 5.76 Å². The topological polar surface area (TPSA) is 121 Å². The second kappa shape index (κ2) is 7.63. The van der Waals surface area contributed by atoms with Gasteiger partial charge in [0.2, 0.25) is 11.8 Å². The molecule has 1 amide bonds. The van der Waals surface area contributed by atoms with E-state index in [0.29, 0.717) is 16.8 Å². The summed E-state index contributed by atoms with van der Waals surface area (Å²) in [6.07, 6.45) is 0. The third-order valence-electron chi connectivity index (χ3n) is 4.02. The number of carbonyl (C=O) groups excluding carboxylic acids is 2. The minimum atomic E-state index is -0.631. The number of amides is 1. The molecule has 0 saturated heterocycles. The molecule has 148 valence electrons. The summed E-state index contributed by atoms with van der Waals surface area (Å²) >= 11 is 0. The zero-order valence-corrected chi connectivity index (χ0v) is 16.2. The molecule has 3 rings (SSSR count). The minimum Gasteiger partial charge on any atom is -0.432 e. The van der Waals surface area contributed by atoms with Gasteiger partial charge in [-0.05, 0) is 37.6 Å². The zero-order valence-electron chi connectivity index (χ0n) is 16.2. The van der Waals surface area contributed by atoms with Crippen molar-refractivity contribution in [3.63, 3.8) is 0 Å². The number of allylic oxidation sites excluding steroid dienone is 1. The summed E-state index contributed by atoms with van der Waals surface area (Å²) in [5.74, 6) is -0.833. The molecule has 0 radical (unpaired) electrons. The van der Waals surface area contributed by atoms with Gasteiger partial charge in [0.1, 0.15) is 5.71 Å². The van der Waals surface area contributed by atoms with E-state index in [9.17, 15) is 19.7 Å². The molecule has 1 aliphatic rings. The third kappa shape index (κ3) is 4.03. The van der Waals surface area contributed by atoms with Crippen LogP contribution in [0.4, 0.5) is 5.69 Å². The first-order chi connectivity index (χ1) is 13.7. The lowest BCUT2D eigenvalue weighted by Gasteiger charge is -2.11. The van der Waals surface area contributed by atoms with Crippen molar-refractivity contribution >= 4 is 29.0 Å². The molecule has 0 saturated carbocycles. The average molecular weight is 395 g/mol. The van der Waals surface area contributed by atoms with E-state index in [1.54, 1.807) is 6.92 Å². The Morgan fingerprint density at radius 1 is 1.17 bits per heavy atom. The molecule has 9 nitrogen and oxygen atoms in total. The molecule has 1 aliphatic heterocycles. The number of non-ortho nitro benzene ring substituents is 1. The third-order valence-corrected chi connectivity index (χ3v) is 4.02. The molecular weight excluding hydrogens is 378 g/mol. The summed E-state index contributed by atoms with van der Waals surface area (Å²) in [5, 5.41) is 10.9. The Kier molecular flexibility index (Phi) is 5.22. The number of carbonyl (C=O) groups is 2. The summed E-state index contributed by atoms with van der Waals surface area (Å²) in [6.45, 7) is 6.12. The Bertz CT molecular complexity index is 1100. The van der Waals surface area contributed by atoms with Gasteiger partial charge in [-0.3, -0.25) is 19.7 Å². The number of aromatic nitrogens is 1. The highest BCUT2D eigenvalue weighted by atomic mass is 16.6. The van der Waals surface area contributed by atoms with Crippen LogP contribution in [0, 0.1) is 24.0 Å². The van der Waals surface area contributed by atoms with Gasteiger partial charge in [0.05, 0.1) is 10.5 Å². The lowest BCUT2D eigenvalue weighted by atomic mass is 10.0. The smallest absolute Gasteiger partial charge is 0.308 e. The molecule has 0 spiro atoms. The van der Waals surface area contributed by atoms with E-state index in [1.165, 1.54) is 38.1 Å². The Morgan fingerprint density at radius 3 is 2.38 bits per heavy atom. The second-order valence-corrected chi connectivity index (χ2v) is 6.40. The predicted octanol–water partition coefficient (Wildman–Crippen LogP) is 3.27. The van der Waals surface area contributed by atoms with E-state index in [2.05, 4.69) is 9.98 Å². The number of aryl methyl sites for hydroxylation is 2. The van der Waals surface area contributed by atoms with Crippen LogP contribution in [0.3, 0.4) is 0 Å². The molecule has 0 unspecified atom stereocenters. The highest BCUT2D eigenvalue weighted by Crippen LogP contribution is 2.37. The van der Waals surface area contributed by atoms with E-state index in [-0.39, 0.29) is 28.8 Å². The number of aliphatic imine (C=N–C) groups is 1. The number of hydrogen-bond acceptors (Lipinski definition) is 7. The lowest BCUT2D eigenvalue weighted by molar-refractivity contribution is -0.384. The van der Waals surface area contributed by atoms with Crippen molar-refractivity contribution in [2.45, 2.75) is 27.7 Å². The van der Waals surface area contributed by atoms with Crippen molar-refractivity contribution in [1.29, 1.82) is 0 Å². The van der Waals surface area contributed by atoms with Gasteiger partial charge in [-0.15, -0.1) is 0 Å². The average Bonchev–Trinajstić information content (AvgIpc) is 2.97. The molecule has 29 heavy (non-hydrogen) atoms. The molecule has 0 atom stereocenters.